The molecule has 140 valence electrons. The largest absolute Gasteiger partial charge is 0.346 e. The number of H-pyrrole nitrogens is 2. The number of nitrogens with zero attached hydrogens (tertiary/aromatic N) is 4. The maximum absolute atomic E-state index is 11.8. The zero-order chi connectivity index (χ0) is 18.8. The number of aromatic amines is 2. The van der Waals surface area contributed by atoms with E-state index in [-0.39, 0.29) is 11.9 Å². The lowest BCUT2D eigenvalue weighted by Crippen LogP contribution is -2.40. The molecule has 8 heteroatoms. The van der Waals surface area contributed by atoms with Gasteiger partial charge < -0.3 is 20.2 Å². The van der Waals surface area contributed by atoms with Crippen molar-refractivity contribution in [3.8, 4) is 6.07 Å². The van der Waals surface area contributed by atoms with Crippen molar-refractivity contribution in [2.24, 2.45) is 5.92 Å². The number of nitriles is 1. The number of rotatable bonds is 5. The van der Waals surface area contributed by atoms with Crippen molar-refractivity contribution in [1.82, 2.24) is 30.2 Å². The highest BCUT2D eigenvalue weighted by atomic mass is 16.1. The average Bonchev–Trinajstić information content (AvgIpc) is 3.30. The second-order valence-electron chi connectivity index (χ2n) is 7.15. The molecular weight excluding hydrogens is 342 g/mol. The number of fused-ring (bicyclic) bond motifs is 3. The summed E-state index contributed by atoms with van der Waals surface area (Å²) >= 11 is 0. The van der Waals surface area contributed by atoms with Crippen molar-refractivity contribution in [2.75, 3.05) is 19.6 Å². The van der Waals surface area contributed by atoms with Crippen LogP contribution in [0.4, 0.5) is 0 Å². The number of hydrogen-bond donors (Lipinski definition) is 3. The lowest BCUT2D eigenvalue weighted by atomic mass is 9.88. The highest BCUT2D eigenvalue weighted by Crippen LogP contribution is 2.31. The summed E-state index contributed by atoms with van der Waals surface area (Å²) in [6, 6.07) is 4.03. The summed E-state index contributed by atoms with van der Waals surface area (Å²) in [5, 5.41) is 12.9. The Hall–Kier alpha value is -2.92. The number of likely N-dealkylation sites (tertiary alicyclic amines) is 1. The lowest BCUT2D eigenvalue weighted by molar-refractivity contribution is -0.120. The first kappa shape index (κ1) is 17.5. The molecule has 1 aliphatic heterocycles. The molecule has 1 saturated heterocycles. The van der Waals surface area contributed by atoms with Crippen LogP contribution >= 0.6 is 0 Å². The van der Waals surface area contributed by atoms with Crippen LogP contribution in [0.5, 0.6) is 0 Å². The van der Waals surface area contributed by atoms with E-state index in [9.17, 15) is 4.79 Å². The lowest BCUT2D eigenvalue weighted by Gasteiger charge is -2.35. The number of imidazole rings is 1. The van der Waals surface area contributed by atoms with Crippen LogP contribution in [0.2, 0.25) is 0 Å². The first-order chi connectivity index (χ1) is 13.2. The van der Waals surface area contributed by atoms with E-state index in [1.807, 2.05) is 12.3 Å². The first-order valence-electron chi connectivity index (χ1n) is 9.34. The molecule has 1 atom stereocenters. The second-order valence-corrected chi connectivity index (χ2v) is 7.15. The van der Waals surface area contributed by atoms with Gasteiger partial charge in [-0.1, -0.05) is 0 Å². The van der Waals surface area contributed by atoms with Gasteiger partial charge in [-0.3, -0.25) is 4.79 Å². The Kier molecular flexibility index (Phi) is 4.77. The maximum Gasteiger partial charge on any atom is 0.217 e. The number of amides is 1. The number of hydrogen-bond acceptors (Lipinski definition) is 5. The number of nitrogens with one attached hydrogen (secondary N) is 3. The van der Waals surface area contributed by atoms with E-state index >= 15 is 0 Å². The molecule has 0 bridgehead atoms. The van der Waals surface area contributed by atoms with E-state index in [0.717, 1.165) is 60.4 Å². The predicted octanol–water partition coefficient (Wildman–Crippen LogP) is 2.24. The van der Waals surface area contributed by atoms with Crippen LogP contribution in [0.3, 0.4) is 0 Å². The number of carbonyl (C=O) groups is 1. The molecule has 1 aliphatic rings. The molecule has 3 aromatic heterocycles. The molecule has 4 heterocycles. The fraction of sp³-hybridized carbons (Fsp3) is 0.474. The summed E-state index contributed by atoms with van der Waals surface area (Å²) < 4.78 is 0. The maximum atomic E-state index is 11.8. The second kappa shape index (κ2) is 7.37. The number of piperidine rings is 1. The molecule has 1 fully saturated rings. The van der Waals surface area contributed by atoms with Gasteiger partial charge in [-0.05, 0) is 37.9 Å². The van der Waals surface area contributed by atoms with E-state index in [1.165, 1.54) is 0 Å². The van der Waals surface area contributed by atoms with Gasteiger partial charge in [0.2, 0.25) is 5.91 Å². The molecule has 0 aliphatic carbocycles. The molecule has 27 heavy (non-hydrogen) atoms. The van der Waals surface area contributed by atoms with Crippen LogP contribution in [-0.4, -0.2) is 50.4 Å². The minimum absolute atomic E-state index is 0.0581. The van der Waals surface area contributed by atoms with Crippen molar-refractivity contribution in [1.29, 1.82) is 5.26 Å². The molecular formula is C19H23N7O. The third-order valence-electron chi connectivity index (χ3n) is 5.36. The minimum Gasteiger partial charge on any atom is -0.346 e. The Bertz CT molecular complexity index is 990. The van der Waals surface area contributed by atoms with Crippen molar-refractivity contribution >= 4 is 28.0 Å². The monoisotopic (exact) mass is 365 g/mol. The van der Waals surface area contributed by atoms with Gasteiger partial charge in [-0.15, -0.1) is 0 Å². The number of aromatic nitrogens is 4. The van der Waals surface area contributed by atoms with E-state index in [1.54, 1.807) is 13.1 Å². The summed E-state index contributed by atoms with van der Waals surface area (Å²) in [7, 11) is 0. The molecule has 0 saturated carbocycles. The Balaban J connectivity index is 1.60. The average molecular weight is 365 g/mol. The molecule has 3 N–H and O–H groups in total. The van der Waals surface area contributed by atoms with Gasteiger partial charge in [0.1, 0.15) is 17.0 Å². The fourth-order valence-electron chi connectivity index (χ4n) is 3.99. The minimum atomic E-state index is -0.151. The summed E-state index contributed by atoms with van der Waals surface area (Å²) in [5.74, 6) is 1.03. The van der Waals surface area contributed by atoms with E-state index < -0.39 is 0 Å². The summed E-state index contributed by atoms with van der Waals surface area (Å²) in [4.78, 5) is 29.8. The molecule has 1 amide bonds. The SMILES string of the molecule is CC(=O)NC(c1nc2cnc3[nH]ccc3c2[nH]1)C1CCN(CCC#N)CC1. The zero-order valence-corrected chi connectivity index (χ0v) is 15.3. The van der Waals surface area contributed by atoms with Gasteiger partial charge in [0, 0.05) is 31.5 Å². The van der Waals surface area contributed by atoms with Crippen molar-refractivity contribution in [3.05, 3.63) is 24.3 Å². The van der Waals surface area contributed by atoms with Gasteiger partial charge in [0.25, 0.3) is 0 Å². The number of carbonyl (C=O) groups excluding carboxylic acids is 1. The van der Waals surface area contributed by atoms with Crippen LogP contribution in [0.25, 0.3) is 22.1 Å². The first-order valence-corrected chi connectivity index (χ1v) is 9.34. The Morgan fingerprint density at radius 1 is 1.48 bits per heavy atom. The quantitative estimate of drug-likeness (QED) is 0.642. The molecule has 8 nitrogen and oxygen atoms in total. The third kappa shape index (κ3) is 3.51. The smallest absolute Gasteiger partial charge is 0.217 e. The Labute approximate surface area is 157 Å². The molecule has 3 aromatic rings. The van der Waals surface area contributed by atoms with Crippen LogP contribution in [0, 0.1) is 17.2 Å². The standard InChI is InChI=1S/C19H23N7O/c1-12(27)23-16(13-4-9-26(10-5-13)8-2-6-20)19-24-15-11-22-18-14(3-7-21-18)17(15)25-19/h3,7,11,13,16H,2,4-5,8-10H2,1H3,(H,21,22)(H,23,27)(H,24,25). The Morgan fingerprint density at radius 2 is 2.30 bits per heavy atom. The zero-order valence-electron chi connectivity index (χ0n) is 15.3. The predicted molar refractivity (Wildman–Crippen MR) is 102 cm³/mol. The molecule has 4 rings (SSSR count). The molecule has 1 unspecified atom stereocenters. The highest BCUT2D eigenvalue weighted by molar-refractivity contribution is 6.00. The van der Waals surface area contributed by atoms with Crippen molar-refractivity contribution in [2.45, 2.75) is 32.2 Å². The van der Waals surface area contributed by atoms with E-state index in [0.29, 0.717) is 12.3 Å². The van der Waals surface area contributed by atoms with E-state index in [4.69, 9.17) is 10.2 Å². The van der Waals surface area contributed by atoms with Crippen LogP contribution in [-0.2, 0) is 4.79 Å². The van der Waals surface area contributed by atoms with Gasteiger partial charge in [0.05, 0.1) is 23.8 Å². The van der Waals surface area contributed by atoms with Gasteiger partial charge in [-0.2, -0.15) is 5.26 Å². The summed E-state index contributed by atoms with van der Waals surface area (Å²) in [6.45, 7) is 4.23. The van der Waals surface area contributed by atoms with Gasteiger partial charge in [0.15, 0.2) is 0 Å². The molecule has 0 radical (unpaired) electrons. The van der Waals surface area contributed by atoms with Gasteiger partial charge >= 0.3 is 0 Å². The van der Waals surface area contributed by atoms with Crippen LogP contribution < -0.4 is 5.32 Å². The summed E-state index contributed by atoms with van der Waals surface area (Å²) in [6.07, 6.45) is 6.10. The van der Waals surface area contributed by atoms with Gasteiger partial charge in [-0.25, -0.2) is 9.97 Å². The Morgan fingerprint density at radius 3 is 3.04 bits per heavy atom. The van der Waals surface area contributed by atoms with Crippen LogP contribution in [0.1, 0.15) is 38.1 Å². The van der Waals surface area contributed by atoms with Crippen molar-refractivity contribution in [3.63, 3.8) is 0 Å². The number of pyridine rings is 1. The highest BCUT2D eigenvalue weighted by Gasteiger charge is 2.30. The molecule has 0 aromatic carbocycles. The summed E-state index contributed by atoms with van der Waals surface area (Å²) in [5.41, 5.74) is 2.57. The van der Waals surface area contributed by atoms with Crippen molar-refractivity contribution < 1.29 is 4.79 Å². The topological polar surface area (TPSA) is 113 Å². The van der Waals surface area contributed by atoms with E-state index in [2.05, 4.69) is 31.2 Å². The normalized spacial score (nSPS) is 17.2. The molecule has 0 spiro atoms. The third-order valence-corrected chi connectivity index (χ3v) is 5.36. The van der Waals surface area contributed by atoms with Crippen LogP contribution in [0.15, 0.2) is 18.5 Å². The fourth-order valence-corrected chi connectivity index (χ4v) is 3.99.